The van der Waals surface area contributed by atoms with E-state index in [0.717, 1.165) is 24.0 Å². The van der Waals surface area contributed by atoms with Crippen molar-refractivity contribution >= 4 is 29.6 Å². The highest BCUT2D eigenvalue weighted by Gasteiger charge is 2.57. The van der Waals surface area contributed by atoms with Crippen LogP contribution >= 0.6 is 0 Å². The number of aliphatic carboxylic acids is 1. The first kappa shape index (κ1) is 44.8. The van der Waals surface area contributed by atoms with E-state index in [1.165, 1.54) is 7.11 Å². The summed E-state index contributed by atoms with van der Waals surface area (Å²) in [4.78, 5) is 71.1. The van der Waals surface area contributed by atoms with Crippen molar-refractivity contribution < 1.29 is 38.6 Å². The third-order valence-electron chi connectivity index (χ3n) is 11.7. The van der Waals surface area contributed by atoms with Crippen molar-refractivity contribution in [3.63, 3.8) is 0 Å². The molecule has 0 bridgehead atoms. The number of fused-ring (bicyclic) bond motifs is 1. The lowest BCUT2D eigenvalue weighted by Crippen LogP contribution is -2.59. The summed E-state index contributed by atoms with van der Waals surface area (Å²) in [6.45, 7) is 15.4. The third-order valence-corrected chi connectivity index (χ3v) is 11.7. The highest BCUT2D eigenvalue weighted by atomic mass is 16.5. The summed E-state index contributed by atoms with van der Waals surface area (Å²) in [6.07, 6.45) is 1.07. The minimum absolute atomic E-state index is 0.00534. The molecule has 54 heavy (non-hydrogen) atoms. The number of amides is 4. The molecule has 0 aromatic heterocycles. The Morgan fingerprint density at radius 3 is 2.02 bits per heavy atom. The van der Waals surface area contributed by atoms with Gasteiger partial charge in [-0.3, -0.25) is 19.2 Å². The Balaban J connectivity index is 1.80. The van der Waals surface area contributed by atoms with Gasteiger partial charge in [0.15, 0.2) is 0 Å². The molecule has 1 aromatic carbocycles. The van der Waals surface area contributed by atoms with Crippen LogP contribution < -0.4 is 16.0 Å². The summed E-state index contributed by atoms with van der Waals surface area (Å²) >= 11 is 0. The maximum atomic E-state index is 14.4. The van der Waals surface area contributed by atoms with Crippen LogP contribution in [0.15, 0.2) is 24.3 Å². The maximum absolute atomic E-state index is 14.4. The van der Waals surface area contributed by atoms with Crippen molar-refractivity contribution in [3.8, 4) is 0 Å². The topological polar surface area (TPSA) is 167 Å². The number of benzene rings is 1. The van der Waals surface area contributed by atoms with E-state index in [9.17, 15) is 29.1 Å². The van der Waals surface area contributed by atoms with Gasteiger partial charge in [-0.15, -0.1) is 0 Å². The lowest BCUT2D eigenvalue weighted by molar-refractivity contribution is -0.149. The van der Waals surface area contributed by atoms with Crippen LogP contribution in [0.25, 0.3) is 0 Å². The van der Waals surface area contributed by atoms with Crippen LogP contribution in [0.2, 0.25) is 0 Å². The molecule has 1 aromatic rings. The molecule has 2 aliphatic rings. The van der Waals surface area contributed by atoms with Gasteiger partial charge in [0.25, 0.3) is 0 Å². The summed E-state index contributed by atoms with van der Waals surface area (Å²) in [5.41, 5.74) is 1.85. The quantitative estimate of drug-likeness (QED) is 0.147. The standard InChI is InChI=1S/C41H67N5O8/c1-13-25(7)36(45(10)40(50)35(23(4)5)44-39(49)34(42-9)22(2)3)32(53-11)21-33(47)46-30-19-28(30)20-31(46)37(54-12)26(8)38(48)43-29(41(51)52)18-27-16-14-24(6)15-17-27/h14-17,22-23,25-26,28-32,34-37,42H,13,18-21H2,1-12H3,(H,43,48)(H,44,49)(H,51,52)/t25-,26+,28-,29?,30?,31-,32?,34-,35-,36-,37?/m0/s1. The molecular formula is C41H67N5O8. The van der Waals surface area contributed by atoms with E-state index in [2.05, 4.69) is 16.0 Å². The molecule has 3 rings (SSSR count). The molecular weight excluding hydrogens is 690 g/mol. The number of methoxy groups -OCH3 is 2. The average Bonchev–Trinajstić information content (AvgIpc) is 3.78. The number of ether oxygens (including phenoxy) is 2. The minimum Gasteiger partial charge on any atom is -0.480 e. The Kier molecular flexibility index (Phi) is 16.5. The fourth-order valence-corrected chi connectivity index (χ4v) is 8.21. The predicted octanol–water partition coefficient (Wildman–Crippen LogP) is 3.41. The summed E-state index contributed by atoms with van der Waals surface area (Å²) in [6, 6.07) is 4.31. The predicted molar refractivity (Wildman–Crippen MR) is 207 cm³/mol. The molecule has 2 fully saturated rings. The summed E-state index contributed by atoms with van der Waals surface area (Å²) in [7, 11) is 6.51. The zero-order chi connectivity index (χ0) is 40.6. The van der Waals surface area contributed by atoms with Gasteiger partial charge in [-0.1, -0.05) is 84.7 Å². The van der Waals surface area contributed by atoms with Crippen molar-refractivity contribution in [2.24, 2.45) is 29.6 Å². The van der Waals surface area contributed by atoms with Crippen LogP contribution in [-0.4, -0.2) is 121 Å². The monoisotopic (exact) mass is 757 g/mol. The molecule has 4 unspecified atom stereocenters. The lowest BCUT2D eigenvalue weighted by atomic mass is 9.89. The van der Waals surface area contributed by atoms with E-state index in [1.54, 1.807) is 33.0 Å². The average molecular weight is 758 g/mol. The number of aryl methyl sites for hydroxylation is 1. The summed E-state index contributed by atoms with van der Waals surface area (Å²) < 4.78 is 12.0. The number of likely N-dealkylation sites (N-methyl/N-ethyl adjacent to an activating group) is 2. The molecule has 13 heteroatoms. The van der Waals surface area contributed by atoms with Gasteiger partial charge in [0.1, 0.15) is 12.1 Å². The van der Waals surface area contributed by atoms with Gasteiger partial charge in [-0.25, -0.2) is 4.79 Å². The zero-order valence-corrected chi connectivity index (χ0v) is 34.5. The van der Waals surface area contributed by atoms with Gasteiger partial charge >= 0.3 is 5.97 Å². The largest absolute Gasteiger partial charge is 0.480 e. The Labute approximate surface area is 322 Å². The molecule has 13 nitrogen and oxygen atoms in total. The van der Waals surface area contributed by atoms with Crippen molar-refractivity contribution in [3.05, 3.63) is 35.4 Å². The number of nitrogens with zero attached hydrogens (tertiary/aromatic N) is 2. The van der Waals surface area contributed by atoms with E-state index in [-0.39, 0.29) is 54.4 Å². The highest BCUT2D eigenvalue weighted by molar-refractivity contribution is 5.90. The van der Waals surface area contributed by atoms with Gasteiger partial charge < -0.3 is 40.3 Å². The Bertz CT molecular complexity index is 1440. The van der Waals surface area contributed by atoms with E-state index in [4.69, 9.17) is 9.47 Å². The molecule has 1 aliphatic carbocycles. The molecule has 11 atom stereocenters. The van der Waals surface area contributed by atoms with Crippen molar-refractivity contribution in [1.29, 1.82) is 0 Å². The zero-order valence-electron chi connectivity index (χ0n) is 34.5. The molecule has 4 amide bonds. The Morgan fingerprint density at radius 2 is 1.52 bits per heavy atom. The van der Waals surface area contributed by atoms with Gasteiger partial charge in [0.05, 0.1) is 42.7 Å². The maximum Gasteiger partial charge on any atom is 0.326 e. The fourth-order valence-electron chi connectivity index (χ4n) is 8.21. The van der Waals surface area contributed by atoms with E-state index >= 15 is 0 Å². The second-order valence-electron chi connectivity index (χ2n) is 16.3. The normalized spacial score (nSPS) is 22.3. The van der Waals surface area contributed by atoms with Crippen molar-refractivity contribution in [1.82, 2.24) is 25.8 Å². The highest BCUT2D eigenvalue weighted by Crippen LogP contribution is 2.50. The van der Waals surface area contributed by atoms with E-state index < -0.39 is 60.2 Å². The molecule has 4 N–H and O–H groups in total. The van der Waals surface area contributed by atoms with Gasteiger partial charge in [-0.2, -0.15) is 0 Å². The number of hydrogen-bond acceptors (Lipinski definition) is 8. The van der Waals surface area contributed by atoms with Gasteiger partial charge in [0, 0.05) is 33.7 Å². The number of rotatable bonds is 21. The molecule has 0 spiro atoms. The Morgan fingerprint density at radius 1 is 0.907 bits per heavy atom. The number of carboxylic acid groups (broad SMARTS) is 1. The third kappa shape index (κ3) is 10.8. The van der Waals surface area contributed by atoms with Crippen LogP contribution in [0, 0.1) is 36.5 Å². The van der Waals surface area contributed by atoms with Gasteiger partial charge in [0.2, 0.25) is 23.6 Å². The number of piperidine rings is 1. The molecule has 1 heterocycles. The molecule has 1 aliphatic heterocycles. The second kappa shape index (κ2) is 19.9. The van der Waals surface area contributed by atoms with E-state index in [0.29, 0.717) is 12.3 Å². The van der Waals surface area contributed by atoms with Crippen LogP contribution in [0.4, 0.5) is 0 Å². The smallest absolute Gasteiger partial charge is 0.326 e. The van der Waals surface area contributed by atoms with E-state index in [1.807, 2.05) is 77.6 Å². The molecule has 304 valence electrons. The van der Waals surface area contributed by atoms with Gasteiger partial charge in [-0.05, 0) is 56.0 Å². The molecule has 0 radical (unpaired) electrons. The Hall–Kier alpha value is -3.55. The summed E-state index contributed by atoms with van der Waals surface area (Å²) in [5, 5.41) is 18.7. The van der Waals surface area contributed by atoms with Crippen LogP contribution in [0.5, 0.6) is 0 Å². The first-order valence-corrected chi connectivity index (χ1v) is 19.6. The SMILES string of the molecule is CC[C@H](C)[C@@H](C(CC(=O)N1C2C[C@H]2C[C@H]1C(OC)[C@@H](C)C(=O)NC(Cc1ccc(C)cc1)C(=O)O)OC)N(C)C(=O)[C@@H](NC(=O)[C@@H](NC)C(C)C)C(C)C. The number of hydrogen-bond donors (Lipinski definition) is 4. The second-order valence-corrected chi connectivity index (χ2v) is 16.3. The van der Waals surface area contributed by atoms with Crippen LogP contribution in [0.1, 0.15) is 85.3 Å². The van der Waals surface area contributed by atoms with Crippen molar-refractivity contribution in [2.75, 3.05) is 28.3 Å². The fraction of sp³-hybridized carbons (Fsp3) is 0.732. The minimum atomic E-state index is -1.13. The number of carbonyl (C=O) groups is 5. The number of likely N-dealkylation sites (tertiary alicyclic amines) is 1. The summed E-state index contributed by atoms with van der Waals surface area (Å²) in [5.74, 6) is -2.89. The van der Waals surface area contributed by atoms with Crippen LogP contribution in [-0.2, 0) is 39.9 Å². The first-order chi connectivity index (χ1) is 25.4. The number of carboxylic acids is 1. The van der Waals surface area contributed by atoms with Crippen molar-refractivity contribution in [2.45, 2.75) is 136 Å². The van der Waals surface area contributed by atoms with Crippen LogP contribution in [0.3, 0.4) is 0 Å². The number of carbonyl (C=O) groups excluding carboxylic acids is 4. The molecule has 1 saturated carbocycles. The lowest BCUT2D eigenvalue weighted by Gasteiger charge is -2.41. The first-order valence-electron chi connectivity index (χ1n) is 19.6. The number of nitrogens with one attached hydrogen (secondary N) is 3. The molecule has 1 saturated heterocycles.